The zero-order valence-corrected chi connectivity index (χ0v) is 24.3. The van der Waals surface area contributed by atoms with E-state index in [2.05, 4.69) is 26.8 Å². The van der Waals surface area contributed by atoms with Gasteiger partial charge in [-0.15, -0.1) is 22.7 Å². The number of thiophene rings is 2. The van der Waals surface area contributed by atoms with Gasteiger partial charge in [-0.25, -0.2) is 4.79 Å². The van der Waals surface area contributed by atoms with E-state index in [1.54, 1.807) is 36.0 Å². The van der Waals surface area contributed by atoms with Crippen molar-refractivity contribution >= 4 is 61.4 Å². The van der Waals surface area contributed by atoms with Crippen molar-refractivity contribution in [1.82, 2.24) is 9.36 Å². The van der Waals surface area contributed by atoms with Crippen LogP contribution in [0.4, 0.5) is 10.5 Å². The Hall–Kier alpha value is -3.80. The zero-order chi connectivity index (χ0) is 28.0. The molecule has 5 aromatic rings. The molecular weight excluding hydrogens is 567 g/mol. The largest absolute Gasteiger partial charge is 0.495 e. The molecule has 0 spiro atoms. The fourth-order valence-corrected chi connectivity index (χ4v) is 7.95. The molecule has 0 bridgehead atoms. The minimum absolute atomic E-state index is 0.386. The molecule has 1 saturated carbocycles. The van der Waals surface area contributed by atoms with Crippen molar-refractivity contribution in [2.45, 2.75) is 38.2 Å². The van der Waals surface area contributed by atoms with Crippen molar-refractivity contribution in [2.75, 3.05) is 12.4 Å². The van der Waals surface area contributed by atoms with Gasteiger partial charge in [0.05, 0.1) is 33.9 Å². The second-order valence-electron chi connectivity index (χ2n) is 9.67. The van der Waals surface area contributed by atoms with E-state index in [0.717, 1.165) is 40.9 Å². The summed E-state index contributed by atoms with van der Waals surface area (Å²) in [5.74, 6) is -0.361. The third-order valence-corrected chi connectivity index (χ3v) is 10.5. The Kier molecular flexibility index (Phi) is 6.81. The number of nitrogens with zero attached hydrogens (tertiary/aromatic N) is 2. The van der Waals surface area contributed by atoms with E-state index < -0.39 is 17.5 Å². The normalized spacial score (nSPS) is 14.6. The average molecular weight is 592 g/mol. The number of benzene rings is 1. The van der Waals surface area contributed by atoms with Crippen LogP contribution in [-0.4, -0.2) is 33.6 Å². The van der Waals surface area contributed by atoms with Crippen LogP contribution in [0.25, 0.3) is 29.6 Å². The number of pyridine rings is 1. The van der Waals surface area contributed by atoms with Crippen LogP contribution in [0.5, 0.6) is 5.75 Å². The summed E-state index contributed by atoms with van der Waals surface area (Å²) >= 11 is 4.59. The summed E-state index contributed by atoms with van der Waals surface area (Å²) in [7, 11) is 1.54. The van der Waals surface area contributed by atoms with Crippen LogP contribution in [0, 0.1) is 6.92 Å². The van der Waals surface area contributed by atoms with Crippen molar-refractivity contribution < 1.29 is 24.2 Å². The molecule has 0 saturated heterocycles. The number of hydrogen-bond donors (Lipinski definition) is 2. The standard InChI is InChI=1S/C29H25N3O5S3/c1-15-24(31-28(35)37-16(2)17-7-5-4-6-8-17)25(40-32-15)23-13-22-21(39-23)12-20(38-22)18-11-19(36-3)26(30-14-18)29(9-10-29)27(33)34/h4-8,11-14,16H,9-10H2,1-3H3,(H,31,35)(H,33,34)/t16-/m1/s1. The maximum atomic E-state index is 12.7. The number of hydrogen-bond acceptors (Lipinski definition) is 9. The van der Waals surface area contributed by atoms with Crippen LogP contribution in [0.1, 0.15) is 42.8 Å². The maximum absolute atomic E-state index is 12.7. The van der Waals surface area contributed by atoms with E-state index in [1.165, 1.54) is 11.5 Å². The lowest BCUT2D eigenvalue weighted by molar-refractivity contribution is -0.140. The molecule has 40 heavy (non-hydrogen) atoms. The van der Waals surface area contributed by atoms with Gasteiger partial charge in [0.15, 0.2) is 0 Å². The van der Waals surface area contributed by atoms with E-state index in [1.807, 2.05) is 50.2 Å². The van der Waals surface area contributed by atoms with Crippen LogP contribution < -0.4 is 10.1 Å². The van der Waals surface area contributed by atoms with E-state index >= 15 is 0 Å². The summed E-state index contributed by atoms with van der Waals surface area (Å²) in [6.45, 7) is 3.71. The maximum Gasteiger partial charge on any atom is 0.412 e. The highest BCUT2D eigenvalue weighted by Gasteiger charge is 2.54. The summed E-state index contributed by atoms with van der Waals surface area (Å²) in [5, 5.41) is 12.6. The first-order valence-electron chi connectivity index (χ1n) is 12.6. The predicted molar refractivity (Wildman–Crippen MR) is 159 cm³/mol. The number of carbonyl (C=O) groups excluding carboxylic acids is 1. The number of carboxylic acids is 1. The molecule has 1 amide bonds. The first-order chi connectivity index (χ1) is 19.3. The number of fused-ring (bicyclic) bond motifs is 1. The van der Waals surface area contributed by atoms with E-state index in [0.29, 0.717) is 30.0 Å². The fourth-order valence-electron chi connectivity index (χ4n) is 4.63. The molecule has 4 heterocycles. The number of methoxy groups -OCH3 is 1. The van der Waals surface area contributed by atoms with Crippen molar-refractivity contribution in [3.8, 4) is 25.9 Å². The molecule has 4 aromatic heterocycles. The van der Waals surface area contributed by atoms with Crippen molar-refractivity contribution in [3.63, 3.8) is 0 Å². The van der Waals surface area contributed by atoms with Crippen LogP contribution in [0.2, 0.25) is 0 Å². The molecule has 204 valence electrons. The predicted octanol–water partition coefficient (Wildman–Crippen LogP) is 7.89. The number of anilines is 1. The topological polar surface area (TPSA) is 111 Å². The molecule has 0 radical (unpaired) electrons. The lowest BCUT2D eigenvalue weighted by Gasteiger charge is -2.14. The minimum Gasteiger partial charge on any atom is -0.495 e. The zero-order valence-electron chi connectivity index (χ0n) is 21.9. The van der Waals surface area contributed by atoms with Gasteiger partial charge in [0.2, 0.25) is 0 Å². The summed E-state index contributed by atoms with van der Waals surface area (Å²) in [6.07, 6.45) is 1.96. The van der Waals surface area contributed by atoms with Crippen LogP contribution >= 0.6 is 34.2 Å². The van der Waals surface area contributed by atoms with E-state index in [9.17, 15) is 14.7 Å². The van der Waals surface area contributed by atoms with Gasteiger partial charge in [-0.2, -0.15) is 4.37 Å². The van der Waals surface area contributed by atoms with Gasteiger partial charge in [0, 0.05) is 26.0 Å². The molecule has 2 N–H and O–H groups in total. The third kappa shape index (κ3) is 4.74. The summed E-state index contributed by atoms with van der Waals surface area (Å²) in [4.78, 5) is 32.0. The Morgan fingerprint density at radius 1 is 1.07 bits per heavy atom. The van der Waals surface area contributed by atoms with Gasteiger partial charge in [0.1, 0.15) is 17.3 Å². The second-order valence-corrected chi connectivity index (χ2v) is 12.6. The SMILES string of the molecule is COc1cc(-c2cc3sc(-c4snc(C)c4NC(=O)O[C@H](C)c4ccccc4)cc3s2)cnc1C1(C(=O)O)CC1. The Balaban J connectivity index is 1.23. The number of carboxylic acid groups (broad SMARTS) is 1. The smallest absolute Gasteiger partial charge is 0.412 e. The van der Waals surface area contributed by atoms with Crippen molar-refractivity contribution in [1.29, 1.82) is 0 Å². The Morgan fingerprint density at radius 2 is 1.77 bits per heavy atom. The van der Waals surface area contributed by atoms with Gasteiger partial charge in [-0.05, 0) is 62.0 Å². The number of aromatic nitrogens is 2. The fraction of sp³-hybridized carbons (Fsp3) is 0.241. The minimum atomic E-state index is -0.931. The average Bonchev–Trinajstić information content (AvgIpc) is 3.36. The highest BCUT2D eigenvalue weighted by atomic mass is 32.1. The monoisotopic (exact) mass is 591 g/mol. The van der Waals surface area contributed by atoms with Gasteiger partial charge in [0.25, 0.3) is 0 Å². The highest BCUT2D eigenvalue weighted by Crippen LogP contribution is 2.51. The third-order valence-electron chi connectivity index (χ3n) is 7.04. The first kappa shape index (κ1) is 26.4. The number of amides is 1. The summed E-state index contributed by atoms with van der Waals surface area (Å²) in [6, 6.07) is 15.7. The highest BCUT2D eigenvalue weighted by molar-refractivity contribution is 7.32. The molecule has 8 nitrogen and oxygen atoms in total. The number of carbonyl (C=O) groups is 2. The molecule has 0 aliphatic heterocycles. The second kappa shape index (κ2) is 10.3. The molecule has 0 unspecified atom stereocenters. The molecule has 1 aliphatic rings. The van der Waals surface area contributed by atoms with Crippen LogP contribution in [-0.2, 0) is 14.9 Å². The molecule has 6 rings (SSSR count). The van der Waals surface area contributed by atoms with Gasteiger partial charge < -0.3 is 14.6 Å². The van der Waals surface area contributed by atoms with Gasteiger partial charge >= 0.3 is 12.1 Å². The Morgan fingerprint density at radius 3 is 2.45 bits per heavy atom. The lowest BCUT2D eigenvalue weighted by Crippen LogP contribution is -2.21. The molecule has 1 fully saturated rings. The molecular formula is C29H25N3O5S3. The number of rotatable bonds is 8. The Bertz CT molecular complexity index is 1700. The molecule has 1 atom stereocenters. The van der Waals surface area contributed by atoms with Crippen LogP contribution in [0.15, 0.2) is 54.7 Å². The number of aliphatic carboxylic acids is 1. The number of aryl methyl sites for hydroxylation is 1. The molecule has 1 aliphatic carbocycles. The van der Waals surface area contributed by atoms with E-state index in [4.69, 9.17) is 9.47 Å². The first-order valence-corrected chi connectivity index (χ1v) is 15.0. The molecule has 1 aromatic carbocycles. The lowest BCUT2D eigenvalue weighted by atomic mass is 10.0. The summed E-state index contributed by atoms with van der Waals surface area (Å²) < 4.78 is 17.8. The van der Waals surface area contributed by atoms with Crippen molar-refractivity contribution in [3.05, 3.63) is 71.7 Å². The Labute approximate surface area is 242 Å². The van der Waals surface area contributed by atoms with E-state index in [-0.39, 0.29) is 6.10 Å². The van der Waals surface area contributed by atoms with Gasteiger partial charge in [-0.1, -0.05) is 30.3 Å². The molecule has 11 heteroatoms. The van der Waals surface area contributed by atoms with Crippen molar-refractivity contribution in [2.24, 2.45) is 0 Å². The summed E-state index contributed by atoms with van der Waals surface area (Å²) in [5.41, 5.74) is 2.74. The van der Waals surface area contributed by atoms with Gasteiger partial charge in [-0.3, -0.25) is 15.1 Å². The number of ether oxygens (including phenoxy) is 2. The van der Waals surface area contributed by atoms with Crippen LogP contribution in [0.3, 0.4) is 0 Å². The number of nitrogens with one attached hydrogen (secondary N) is 1. The quantitative estimate of drug-likeness (QED) is 0.189.